The maximum absolute atomic E-state index is 13.2. The van der Waals surface area contributed by atoms with Crippen molar-refractivity contribution < 1.29 is 49.0 Å². The highest BCUT2D eigenvalue weighted by Gasteiger charge is 2.84. The van der Waals surface area contributed by atoms with Gasteiger partial charge >= 0.3 is 29.9 Å². The number of carbonyl (C=O) groups is 1. The van der Waals surface area contributed by atoms with Crippen molar-refractivity contribution in [1.29, 1.82) is 0 Å². The predicted molar refractivity (Wildman–Crippen MR) is 62.1 cm³/mol. The van der Waals surface area contributed by atoms with Gasteiger partial charge in [-0.1, -0.05) is 6.42 Å². The van der Waals surface area contributed by atoms with Crippen LogP contribution in [0.5, 0.6) is 0 Å². The summed E-state index contributed by atoms with van der Waals surface area (Å²) in [5.41, 5.74) is 0. The molecule has 24 heavy (non-hydrogen) atoms. The first-order valence-electron chi connectivity index (χ1n) is 6.85. The second kappa shape index (κ2) is 6.96. The van der Waals surface area contributed by atoms with Gasteiger partial charge < -0.3 is 4.74 Å². The van der Waals surface area contributed by atoms with Gasteiger partial charge in [-0.25, -0.2) is 4.79 Å². The van der Waals surface area contributed by atoms with Gasteiger partial charge in [-0.2, -0.15) is 39.5 Å². The highest BCUT2D eigenvalue weighted by atomic mass is 19.4. The van der Waals surface area contributed by atoms with Gasteiger partial charge in [-0.15, -0.1) is 0 Å². The Morgan fingerprint density at radius 2 is 1.33 bits per heavy atom. The van der Waals surface area contributed by atoms with Gasteiger partial charge in [0.05, 0.1) is 0 Å². The van der Waals surface area contributed by atoms with E-state index in [2.05, 4.69) is 4.74 Å². The van der Waals surface area contributed by atoms with Crippen LogP contribution in [0.2, 0.25) is 0 Å². The normalized spacial score (nSPS) is 18.5. The Labute approximate surface area is 130 Å². The fourth-order valence-electron chi connectivity index (χ4n) is 2.04. The molecule has 1 rings (SSSR count). The predicted octanol–water partition coefficient (Wildman–Crippen LogP) is 3.48. The van der Waals surface area contributed by atoms with Crippen molar-refractivity contribution in [3.63, 3.8) is 0 Å². The van der Waals surface area contributed by atoms with Crippen molar-refractivity contribution in [2.75, 3.05) is 26.2 Å². The number of piperidine rings is 1. The van der Waals surface area contributed by atoms with Crippen molar-refractivity contribution >= 4 is 5.97 Å². The molecule has 12 heteroatoms. The molecule has 1 fully saturated rings. The van der Waals surface area contributed by atoms with Gasteiger partial charge in [-0.3, -0.25) is 4.90 Å². The Bertz CT molecular complexity index is 444. The molecule has 1 heterocycles. The van der Waals surface area contributed by atoms with Gasteiger partial charge in [-0.05, 0) is 25.9 Å². The van der Waals surface area contributed by atoms with E-state index in [0.29, 0.717) is 13.1 Å². The molecule has 0 bridgehead atoms. The smallest absolute Gasteiger partial charge is 0.460 e. The number of hydrogen-bond donors (Lipinski definition) is 0. The number of esters is 1. The van der Waals surface area contributed by atoms with Crippen LogP contribution < -0.4 is 0 Å². The van der Waals surface area contributed by atoms with Gasteiger partial charge in [0.1, 0.15) is 6.61 Å². The van der Waals surface area contributed by atoms with E-state index < -0.39 is 36.5 Å². The maximum atomic E-state index is 13.2. The van der Waals surface area contributed by atoms with Crippen LogP contribution in [0.15, 0.2) is 0 Å². The van der Waals surface area contributed by atoms with E-state index in [1.54, 1.807) is 4.90 Å². The molecule has 0 aromatic heterocycles. The van der Waals surface area contributed by atoms with Gasteiger partial charge in [0.25, 0.3) is 0 Å². The molecule has 0 aromatic rings. The first kappa shape index (κ1) is 20.8. The van der Waals surface area contributed by atoms with Gasteiger partial charge in [0.15, 0.2) is 0 Å². The van der Waals surface area contributed by atoms with E-state index in [9.17, 15) is 44.3 Å². The minimum atomic E-state index is -7.10. The van der Waals surface area contributed by atoms with Crippen LogP contribution in [0.4, 0.5) is 39.5 Å². The fraction of sp³-hybridized carbons (Fsp3) is 0.917. The number of halogens is 9. The van der Waals surface area contributed by atoms with E-state index in [1.807, 2.05) is 0 Å². The highest BCUT2D eigenvalue weighted by molar-refractivity contribution is 5.79. The fourth-order valence-corrected chi connectivity index (χ4v) is 2.04. The van der Waals surface area contributed by atoms with Gasteiger partial charge in [0, 0.05) is 6.54 Å². The molecule has 0 aliphatic carbocycles. The Kier molecular flexibility index (Phi) is 6.05. The lowest BCUT2D eigenvalue weighted by atomic mass is 10.0. The van der Waals surface area contributed by atoms with E-state index in [-0.39, 0.29) is 6.54 Å². The van der Waals surface area contributed by atoms with E-state index in [4.69, 9.17) is 0 Å². The molecule has 1 aliphatic heterocycles. The molecule has 1 aliphatic rings. The number of hydrogen-bond acceptors (Lipinski definition) is 3. The van der Waals surface area contributed by atoms with E-state index in [0.717, 1.165) is 19.3 Å². The zero-order valence-electron chi connectivity index (χ0n) is 12.1. The van der Waals surface area contributed by atoms with Crippen molar-refractivity contribution in [2.24, 2.45) is 0 Å². The number of nitrogens with zero attached hydrogens (tertiary/aromatic N) is 1. The lowest BCUT2D eigenvalue weighted by Crippen LogP contribution is -2.63. The molecule has 0 radical (unpaired) electrons. The molecular formula is C12H14F9NO2. The summed E-state index contributed by atoms with van der Waals surface area (Å²) in [5, 5.41) is 0. The molecule has 0 atom stereocenters. The van der Waals surface area contributed by atoms with Crippen LogP contribution in [-0.2, 0) is 9.53 Å². The monoisotopic (exact) mass is 375 g/mol. The van der Waals surface area contributed by atoms with E-state index in [1.165, 1.54) is 0 Å². The Balaban J connectivity index is 2.72. The molecule has 142 valence electrons. The van der Waals surface area contributed by atoms with Crippen LogP contribution in [-0.4, -0.2) is 61.1 Å². The molecule has 0 unspecified atom stereocenters. The number of likely N-dealkylation sites (tertiary alicyclic amines) is 1. The lowest BCUT2D eigenvalue weighted by Gasteiger charge is -2.32. The summed E-state index contributed by atoms with van der Waals surface area (Å²) in [6, 6.07) is 0. The summed E-state index contributed by atoms with van der Waals surface area (Å²) in [4.78, 5) is 12.6. The second-order valence-electron chi connectivity index (χ2n) is 5.26. The third kappa shape index (κ3) is 3.89. The largest absolute Gasteiger partial charge is 0.460 e. The summed E-state index contributed by atoms with van der Waals surface area (Å²) >= 11 is 0. The van der Waals surface area contributed by atoms with Gasteiger partial charge in [0.2, 0.25) is 0 Å². The van der Waals surface area contributed by atoms with Crippen molar-refractivity contribution in [3.05, 3.63) is 0 Å². The van der Waals surface area contributed by atoms with Crippen LogP contribution in [0, 0.1) is 0 Å². The van der Waals surface area contributed by atoms with Crippen molar-refractivity contribution in [1.82, 2.24) is 4.90 Å². The highest BCUT2D eigenvalue weighted by Crippen LogP contribution is 2.53. The number of ether oxygens (including phenoxy) is 1. The van der Waals surface area contributed by atoms with Crippen LogP contribution in [0.3, 0.4) is 0 Å². The molecule has 0 amide bonds. The number of carbonyl (C=O) groups excluding carboxylic acids is 1. The molecule has 1 saturated heterocycles. The van der Waals surface area contributed by atoms with E-state index >= 15 is 0 Å². The molecule has 0 saturated carbocycles. The average molecular weight is 375 g/mol. The molecule has 0 spiro atoms. The molecule has 0 aromatic carbocycles. The number of alkyl halides is 9. The van der Waals surface area contributed by atoms with Crippen LogP contribution in [0.1, 0.15) is 19.3 Å². The third-order valence-corrected chi connectivity index (χ3v) is 3.49. The minimum Gasteiger partial charge on any atom is -0.460 e. The summed E-state index contributed by atoms with van der Waals surface area (Å²) in [6.45, 7) is 0.123. The average Bonchev–Trinajstić information content (AvgIpc) is 2.46. The second-order valence-corrected chi connectivity index (χ2v) is 5.26. The summed E-state index contributed by atoms with van der Waals surface area (Å²) in [7, 11) is 0. The van der Waals surface area contributed by atoms with Crippen molar-refractivity contribution in [2.45, 2.75) is 43.2 Å². The zero-order chi connectivity index (χ0) is 18.8. The molecule has 3 nitrogen and oxygen atoms in total. The summed E-state index contributed by atoms with van der Waals surface area (Å²) in [5.74, 6) is -23.6. The lowest BCUT2D eigenvalue weighted by molar-refractivity contribution is -0.390. The minimum absolute atomic E-state index is 0.122. The van der Waals surface area contributed by atoms with Crippen LogP contribution in [0.25, 0.3) is 0 Å². The standard InChI is InChI=1S/C12H14F9NO2/c13-9(14,10(15,16)11(17,18)12(19,20)21)8(23)24-7-6-22-4-2-1-3-5-22/h1-7H2. The molecular weight excluding hydrogens is 361 g/mol. The number of rotatable bonds is 6. The quantitative estimate of drug-likeness (QED) is 0.526. The topological polar surface area (TPSA) is 29.5 Å². The Morgan fingerprint density at radius 3 is 1.79 bits per heavy atom. The maximum Gasteiger partial charge on any atom is 0.460 e. The summed E-state index contributed by atoms with van der Waals surface area (Å²) < 4.78 is 117. The Morgan fingerprint density at radius 1 is 0.833 bits per heavy atom. The first-order chi connectivity index (χ1) is 10.7. The zero-order valence-corrected chi connectivity index (χ0v) is 12.1. The third-order valence-electron chi connectivity index (χ3n) is 3.49. The van der Waals surface area contributed by atoms with Crippen LogP contribution >= 0.6 is 0 Å². The SMILES string of the molecule is O=C(OCCN1CCCCC1)C(F)(F)C(F)(F)C(F)(F)C(F)(F)F. The first-order valence-corrected chi connectivity index (χ1v) is 6.85. The van der Waals surface area contributed by atoms with Crippen molar-refractivity contribution in [3.8, 4) is 0 Å². The summed E-state index contributed by atoms with van der Waals surface area (Å²) in [6.07, 6.45) is -4.49. The molecule has 0 N–H and O–H groups in total. The Hall–Kier alpha value is -1.20.